The van der Waals surface area contributed by atoms with Crippen LogP contribution in [0, 0.1) is 0 Å². The van der Waals surface area contributed by atoms with Crippen molar-refractivity contribution in [2.24, 2.45) is 0 Å². The zero-order valence-corrected chi connectivity index (χ0v) is 11.0. The van der Waals surface area contributed by atoms with Gasteiger partial charge in [-0.25, -0.2) is 9.97 Å². The minimum Gasteiger partial charge on any atom is -0.505 e. The van der Waals surface area contributed by atoms with Gasteiger partial charge >= 0.3 is 0 Å². The lowest BCUT2D eigenvalue weighted by atomic mass is 9.97. The van der Waals surface area contributed by atoms with Crippen LogP contribution in [0.15, 0.2) is 30.7 Å². The molecule has 1 fully saturated rings. The number of piperidine rings is 1. The summed E-state index contributed by atoms with van der Waals surface area (Å²) >= 11 is 0. The van der Waals surface area contributed by atoms with Crippen LogP contribution in [-0.4, -0.2) is 44.0 Å². The lowest BCUT2D eigenvalue weighted by molar-refractivity contribution is 0.0695. The molecule has 20 heavy (non-hydrogen) atoms. The topological polar surface area (TPSA) is 82.1 Å². The number of rotatable bonds is 2. The van der Waals surface area contributed by atoms with Crippen LogP contribution in [0.4, 0.5) is 0 Å². The fourth-order valence-corrected chi connectivity index (χ4v) is 2.60. The van der Waals surface area contributed by atoms with E-state index in [0.717, 1.165) is 18.7 Å². The number of aromatic nitrogens is 3. The van der Waals surface area contributed by atoms with Gasteiger partial charge in [0, 0.05) is 37.6 Å². The Bertz CT molecular complexity index is 597. The number of nitrogens with zero attached hydrogens (tertiary/aromatic N) is 3. The Kier molecular flexibility index (Phi) is 3.37. The van der Waals surface area contributed by atoms with Crippen LogP contribution in [0.25, 0.3) is 0 Å². The minimum absolute atomic E-state index is 0.0716. The van der Waals surface area contributed by atoms with Crippen molar-refractivity contribution in [3.05, 3.63) is 42.2 Å². The molecule has 1 saturated heterocycles. The van der Waals surface area contributed by atoms with E-state index in [1.807, 2.05) is 0 Å². The SMILES string of the molecule is O=C(c1ncccc1O)N1CCC[C@H](c2ncc[nH]2)C1. The number of aromatic hydroxyl groups is 1. The fourth-order valence-electron chi connectivity index (χ4n) is 2.60. The molecule has 0 radical (unpaired) electrons. The number of hydrogen-bond donors (Lipinski definition) is 2. The van der Waals surface area contributed by atoms with Crippen LogP contribution in [-0.2, 0) is 0 Å². The summed E-state index contributed by atoms with van der Waals surface area (Å²) in [6.07, 6.45) is 6.96. The number of likely N-dealkylation sites (tertiary alicyclic amines) is 1. The maximum absolute atomic E-state index is 12.4. The van der Waals surface area contributed by atoms with E-state index in [1.165, 1.54) is 12.3 Å². The zero-order valence-electron chi connectivity index (χ0n) is 11.0. The predicted molar refractivity (Wildman–Crippen MR) is 72.4 cm³/mol. The summed E-state index contributed by atoms with van der Waals surface area (Å²) in [6, 6.07) is 3.09. The number of amides is 1. The molecule has 0 aliphatic carbocycles. The first kappa shape index (κ1) is 12.7. The molecule has 0 bridgehead atoms. The Labute approximate surface area is 116 Å². The van der Waals surface area contributed by atoms with Crippen LogP contribution in [0.3, 0.4) is 0 Å². The Morgan fingerprint density at radius 3 is 3.05 bits per heavy atom. The van der Waals surface area contributed by atoms with E-state index >= 15 is 0 Å². The van der Waals surface area contributed by atoms with Gasteiger partial charge in [-0.15, -0.1) is 0 Å². The van der Waals surface area contributed by atoms with E-state index in [-0.39, 0.29) is 23.3 Å². The Morgan fingerprint density at radius 2 is 2.30 bits per heavy atom. The quantitative estimate of drug-likeness (QED) is 0.868. The highest BCUT2D eigenvalue weighted by atomic mass is 16.3. The van der Waals surface area contributed by atoms with Gasteiger partial charge in [0.2, 0.25) is 0 Å². The molecule has 104 valence electrons. The summed E-state index contributed by atoms with van der Waals surface area (Å²) in [6.45, 7) is 1.29. The summed E-state index contributed by atoms with van der Waals surface area (Å²) in [5.41, 5.74) is 0.118. The van der Waals surface area contributed by atoms with Gasteiger partial charge in [-0.2, -0.15) is 0 Å². The van der Waals surface area contributed by atoms with E-state index in [2.05, 4.69) is 15.0 Å². The van der Waals surface area contributed by atoms with E-state index in [0.29, 0.717) is 13.1 Å². The van der Waals surface area contributed by atoms with E-state index in [9.17, 15) is 9.90 Å². The van der Waals surface area contributed by atoms with Crippen molar-refractivity contribution in [2.45, 2.75) is 18.8 Å². The average Bonchev–Trinajstić information content (AvgIpc) is 3.01. The molecule has 0 aromatic carbocycles. The molecule has 3 rings (SSSR count). The van der Waals surface area contributed by atoms with E-state index in [1.54, 1.807) is 23.4 Å². The van der Waals surface area contributed by atoms with Crippen molar-refractivity contribution in [1.29, 1.82) is 0 Å². The number of pyridine rings is 1. The Morgan fingerprint density at radius 1 is 1.40 bits per heavy atom. The minimum atomic E-state index is -0.223. The summed E-state index contributed by atoms with van der Waals surface area (Å²) in [4.78, 5) is 25.5. The third kappa shape index (κ3) is 2.36. The van der Waals surface area contributed by atoms with Crippen LogP contribution in [0.2, 0.25) is 0 Å². The molecule has 1 amide bonds. The van der Waals surface area contributed by atoms with Gasteiger partial charge < -0.3 is 15.0 Å². The molecule has 3 heterocycles. The van der Waals surface area contributed by atoms with Crippen LogP contribution < -0.4 is 0 Å². The monoisotopic (exact) mass is 272 g/mol. The summed E-state index contributed by atoms with van der Waals surface area (Å²) in [5.74, 6) is 0.832. The van der Waals surface area contributed by atoms with Crippen molar-refractivity contribution >= 4 is 5.91 Å². The normalized spacial score (nSPS) is 19.0. The molecular weight excluding hydrogens is 256 g/mol. The maximum atomic E-state index is 12.4. The molecule has 2 aromatic heterocycles. The molecule has 0 unspecified atom stereocenters. The van der Waals surface area contributed by atoms with Gasteiger partial charge in [0.15, 0.2) is 5.69 Å². The van der Waals surface area contributed by atoms with Crippen molar-refractivity contribution in [3.63, 3.8) is 0 Å². The van der Waals surface area contributed by atoms with Crippen molar-refractivity contribution in [3.8, 4) is 5.75 Å². The number of hydrogen-bond acceptors (Lipinski definition) is 4. The average molecular weight is 272 g/mol. The molecule has 2 aromatic rings. The first-order chi connectivity index (χ1) is 9.75. The van der Waals surface area contributed by atoms with E-state index in [4.69, 9.17) is 0 Å². The van der Waals surface area contributed by atoms with Gasteiger partial charge in [0.1, 0.15) is 11.6 Å². The third-order valence-electron chi connectivity index (χ3n) is 3.60. The summed E-state index contributed by atoms with van der Waals surface area (Å²) in [5, 5.41) is 9.73. The predicted octanol–water partition coefficient (Wildman–Crippen LogP) is 1.53. The smallest absolute Gasteiger partial charge is 0.276 e. The molecule has 0 spiro atoms. The Hall–Kier alpha value is -2.37. The largest absolute Gasteiger partial charge is 0.505 e. The third-order valence-corrected chi connectivity index (χ3v) is 3.60. The van der Waals surface area contributed by atoms with Crippen molar-refractivity contribution in [2.75, 3.05) is 13.1 Å². The van der Waals surface area contributed by atoms with Crippen LogP contribution >= 0.6 is 0 Å². The highest BCUT2D eigenvalue weighted by Crippen LogP contribution is 2.26. The molecule has 6 nitrogen and oxygen atoms in total. The van der Waals surface area contributed by atoms with Gasteiger partial charge in [0.05, 0.1) is 0 Å². The molecule has 1 aliphatic rings. The number of aromatic amines is 1. The second-order valence-corrected chi connectivity index (χ2v) is 4.94. The highest BCUT2D eigenvalue weighted by Gasteiger charge is 2.28. The lowest BCUT2D eigenvalue weighted by Gasteiger charge is -2.31. The molecule has 2 N–H and O–H groups in total. The number of carbonyl (C=O) groups excluding carboxylic acids is 1. The second-order valence-electron chi connectivity index (χ2n) is 4.94. The molecule has 1 aliphatic heterocycles. The zero-order chi connectivity index (χ0) is 13.9. The van der Waals surface area contributed by atoms with Crippen LogP contribution in [0.5, 0.6) is 5.75 Å². The van der Waals surface area contributed by atoms with Gasteiger partial charge in [-0.05, 0) is 25.0 Å². The second kappa shape index (κ2) is 5.32. The standard InChI is InChI=1S/C14H16N4O2/c19-11-4-1-5-15-12(11)14(20)18-8-2-3-10(9-18)13-16-6-7-17-13/h1,4-7,10,19H,2-3,8-9H2,(H,16,17)/t10-/m0/s1. The van der Waals surface area contributed by atoms with E-state index < -0.39 is 0 Å². The fraction of sp³-hybridized carbons (Fsp3) is 0.357. The molecule has 0 saturated carbocycles. The van der Waals surface area contributed by atoms with Gasteiger partial charge in [-0.3, -0.25) is 4.79 Å². The first-order valence-corrected chi connectivity index (χ1v) is 6.68. The number of H-pyrrole nitrogens is 1. The number of carbonyl (C=O) groups is 1. The van der Waals surface area contributed by atoms with Gasteiger partial charge in [0.25, 0.3) is 5.91 Å². The molecule has 6 heteroatoms. The lowest BCUT2D eigenvalue weighted by Crippen LogP contribution is -2.39. The number of nitrogens with one attached hydrogen (secondary N) is 1. The first-order valence-electron chi connectivity index (χ1n) is 6.68. The van der Waals surface area contributed by atoms with Crippen molar-refractivity contribution < 1.29 is 9.90 Å². The maximum Gasteiger partial charge on any atom is 0.276 e. The molecular formula is C14H16N4O2. The summed E-state index contributed by atoms with van der Waals surface area (Å²) < 4.78 is 0. The molecule has 1 atom stereocenters. The van der Waals surface area contributed by atoms with Crippen molar-refractivity contribution in [1.82, 2.24) is 19.9 Å². The Balaban J connectivity index is 1.77. The highest BCUT2D eigenvalue weighted by molar-refractivity contribution is 5.94. The summed E-state index contributed by atoms with van der Waals surface area (Å²) in [7, 11) is 0. The number of imidazole rings is 1. The van der Waals surface area contributed by atoms with Gasteiger partial charge in [-0.1, -0.05) is 0 Å². The van der Waals surface area contributed by atoms with Crippen LogP contribution in [0.1, 0.15) is 35.1 Å².